The fraction of sp³-hybridized carbons (Fsp3) is 0.211. The molecule has 0 saturated carbocycles. The molecule has 0 aliphatic rings. The van der Waals surface area contributed by atoms with Crippen LogP contribution in [-0.4, -0.2) is 43.3 Å². The first-order valence-corrected chi connectivity index (χ1v) is 8.08. The molecule has 0 aliphatic heterocycles. The van der Waals surface area contributed by atoms with Crippen LogP contribution in [0.15, 0.2) is 42.5 Å². The average molecular weight is 375 g/mol. The van der Waals surface area contributed by atoms with E-state index in [-0.39, 0.29) is 24.4 Å². The van der Waals surface area contributed by atoms with Crippen molar-refractivity contribution in [2.75, 3.05) is 26.0 Å². The van der Waals surface area contributed by atoms with Crippen molar-refractivity contribution in [1.82, 2.24) is 10.2 Å². The van der Waals surface area contributed by atoms with Crippen molar-refractivity contribution < 1.29 is 23.2 Å². The maximum atomic E-state index is 13.1. The lowest BCUT2D eigenvalue weighted by atomic mass is 10.1. The van der Waals surface area contributed by atoms with Crippen molar-refractivity contribution in [2.24, 2.45) is 0 Å². The summed E-state index contributed by atoms with van der Waals surface area (Å²) in [5.74, 6) is -3.06. The number of benzene rings is 2. The Balaban J connectivity index is 1.86. The first-order chi connectivity index (χ1) is 12.7. The van der Waals surface area contributed by atoms with Crippen LogP contribution in [0.1, 0.15) is 15.9 Å². The SMILES string of the molecule is CN(C)C(=O)Cc1ccc(NC(=O)CNC(=O)c2cc(F)cc(F)c2)cc1. The molecule has 6 nitrogen and oxygen atoms in total. The highest BCUT2D eigenvalue weighted by Crippen LogP contribution is 2.11. The molecular weight excluding hydrogens is 356 g/mol. The molecule has 142 valence electrons. The highest BCUT2D eigenvalue weighted by atomic mass is 19.1. The summed E-state index contributed by atoms with van der Waals surface area (Å²) in [5, 5.41) is 4.87. The van der Waals surface area contributed by atoms with Gasteiger partial charge >= 0.3 is 0 Å². The zero-order valence-corrected chi connectivity index (χ0v) is 14.9. The number of amides is 3. The molecule has 8 heteroatoms. The van der Waals surface area contributed by atoms with E-state index in [0.29, 0.717) is 11.8 Å². The zero-order chi connectivity index (χ0) is 20.0. The van der Waals surface area contributed by atoms with E-state index in [4.69, 9.17) is 0 Å². The molecule has 0 spiro atoms. The predicted molar refractivity (Wildman–Crippen MR) is 96.2 cm³/mol. The van der Waals surface area contributed by atoms with Gasteiger partial charge in [-0.25, -0.2) is 8.78 Å². The fourth-order valence-corrected chi connectivity index (χ4v) is 2.19. The van der Waals surface area contributed by atoms with Gasteiger partial charge in [-0.15, -0.1) is 0 Å². The predicted octanol–water partition coefficient (Wildman–Crippen LogP) is 1.96. The molecule has 2 N–H and O–H groups in total. The second-order valence-corrected chi connectivity index (χ2v) is 6.05. The van der Waals surface area contributed by atoms with Gasteiger partial charge in [0.2, 0.25) is 11.8 Å². The molecule has 0 heterocycles. The van der Waals surface area contributed by atoms with Crippen molar-refractivity contribution in [3.63, 3.8) is 0 Å². The minimum atomic E-state index is -0.877. The van der Waals surface area contributed by atoms with Crippen molar-refractivity contribution in [2.45, 2.75) is 6.42 Å². The monoisotopic (exact) mass is 375 g/mol. The number of hydrogen-bond acceptors (Lipinski definition) is 3. The molecule has 2 rings (SSSR count). The Morgan fingerprint density at radius 1 is 0.963 bits per heavy atom. The van der Waals surface area contributed by atoms with Gasteiger partial charge in [0.1, 0.15) is 11.6 Å². The first kappa shape index (κ1) is 20.0. The highest BCUT2D eigenvalue weighted by Gasteiger charge is 2.11. The number of likely N-dealkylation sites (N-methyl/N-ethyl adjacent to an activating group) is 1. The molecule has 27 heavy (non-hydrogen) atoms. The van der Waals surface area contributed by atoms with Crippen LogP contribution in [0.25, 0.3) is 0 Å². The van der Waals surface area contributed by atoms with Crippen molar-refractivity contribution in [1.29, 1.82) is 0 Å². The topological polar surface area (TPSA) is 78.5 Å². The van der Waals surface area contributed by atoms with E-state index in [1.54, 1.807) is 38.4 Å². The van der Waals surface area contributed by atoms with Gasteiger partial charge < -0.3 is 15.5 Å². The van der Waals surface area contributed by atoms with Gasteiger partial charge in [0.25, 0.3) is 5.91 Å². The van der Waals surface area contributed by atoms with Gasteiger partial charge in [-0.1, -0.05) is 12.1 Å². The quantitative estimate of drug-likeness (QED) is 0.810. The Bertz CT molecular complexity index is 832. The number of halogens is 2. The Labute approximate surface area is 155 Å². The lowest BCUT2D eigenvalue weighted by Gasteiger charge is -2.11. The standard InChI is InChI=1S/C19H19F2N3O3/c1-24(2)18(26)7-12-3-5-16(6-4-12)23-17(25)11-22-19(27)13-8-14(20)10-15(21)9-13/h3-6,8-10H,7,11H2,1-2H3,(H,22,27)(H,23,25). The molecule has 0 unspecified atom stereocenters. The lowest BCUT2D eigenvalue weighted by molar-refractivity contribution is -0.128. The number of anilines is 1. The number of carbonyl (C=O) groups excluding carboxylic acids is 3. The largest absolute Gasteiger partial charge is 0.349 e. The van der Waals surface area contributed by atoms with Crippen molar-refractivity contribution >= 4 is 23.4 Å². The number of hydrogen-bond donors (Lipinski definition) is 2. The third kappa shape index (κ3) is 6.18. The smallest absolute Gasteiger partial charge is 0.251 e. The fourth-order valence-electron chi connectivity index (χ4n) is 2.19. The van der Waals surface area contributed by atoms with Crippen LogP contribution in [0.3, 0.4) is 0 Å². The van der Waals surface area contributed by atoms with Gasteiger partial charge in [0.05, 0.1) is 13.0 Å². The summed E-state index contributed by atoms with van der Waals surface area (Å²) in [6, 6.07) is 9.11. The molecule has 0 atom stereocenters. The van der Waals surface area contributed by atoms with E-state index >= 15 is 0 Å². The van der Waals surface area contributed by atoms with Crippen LogP contribution in [-0.2, 0) is 16.0 Å². The summed E-state index contributed by atoms with van der Waals surface area (Å²) < 4.78 is 26.2. The maximum Gasteiger partial charge on any atom is 0.251 e. The van der Waals surface area contributed by atoms with E-state index in [9.17, 15) is 23.2 Å². The molecule has 2 aromatic carbocycles. The molecule has 0 aromatic heterocycles. The summed E-state index contributed by atoms with van der Waals surface area (Å²) in [5.41, 5.74) is 1.08. The molecule has 0 radical (unpaired) electrons. The Morgan fingerprint density at radius 3 is 2.11 bits per heavy atom. The molecule has 2 aromatic rings. The molecule has 0 saturated heterocycles. The van der Waals surface area contributed by atoms with Crippen molar-refractivity contribution in [3.05, 3.63) is 65.2 Å². The third-order valence-corrected chi connectivity index (χ3v) is 3.63. The molecule has 0 bridgehead atoms. The van der Waals surface area contributed by atoms with E-state index in [2.05, 4.69) is 10.6 Å². The third-order valence-electron chi connectivity index (χ3n) is 3.63. The molecule has 0 aliphatic carbocycles. The summed E-state index contributed by atoms with van der Waals surface area (Å²) >= 11 is 0. The van der Waals surface area contributed by atoms with E-state index in [1.807, 2.05) is 0 Å². The van der Waals surface area contributed by atoms with E-state index < -0.39 is 23.4 Å². The Morgan fingerprint density at radius 2 is 1.56 bits per heavy atom. The first-order valence-electron chi connectivity index (χ1n) is 8.08. The second-order valence-electron chi connectivity index (χ2n) is 6.05. The van der Waals surface area contributed by atoms with Crippen LogP contribution >= 0.6 is 0 Å². The molecule has 0 fully saturated rings. The Hall–Kier alpha value is -3.29. The van der Waals surface area contributed by atoms with Crippen LogP contribution in [0.5, 0.6) is 0 Å². The molecule has 3 amide bonds. The van der Waals surface area contributed by atoms with Gasteiger partial charge in [0, 0.05) is 31.4 Å². The zero-order valence-electron chi connectivity index (χ0n) is 14.9. The van der Waals surface area contributed by atoms with Gasteiger partial charge in [0.15, 0.2) is 0 Å². The summed E-state index contributed by atoms with van der Waals surface area (Å²) in [6.45, 7) is -0.363. The minimum absolute atomic E-state index is 0.0386. The van der Waals surface area contributed by atoms with Gasteiger partial charge in [-0.2, -0.15) is 0 Å². The number of carbonyl (C=O) groups is 3. The highest BCUT2D eigenvalue weighted by molar-refractivity contribution is 5.99. The van der Waals surface area contributed by atoms with Crippen LogP contribution in [0, 0.1) is 11.6 Å². The minimum Gasteiger partial charge on any atom is -0.349 e. The van der Waals surface area contributed by atoms with Gasteiger partial charge in [-0.3, -0.25) is 14.4 Å². The van der Waals surface area contributed by atoms with Crippen molar-refractivity contribution in [3.8, 4) is 0 Å². The lowest BCUT2D eigenvalue weighted by Crippen LogP contribution is -2.33. The van der Waals surface area contributed by atoms with E-state index in [0.717, 1.165) is 17.7 Å². The average Bonchev–Trinajstić information content (AvgIpc) is 2.60. The van der Waals surface area contributed by atoms with E-state index in [1.165, 1.54) is 4.90 Å². The number of rotatable bonds is 6. The maximum absolute atomic E-state index is 13.1. The molecular formula is C19H19F2N3O3. The van der Waals surface area contributed by atoms with Crippen LogP contribution in [0.4, 0.5) is 14.5 Å². The van der Waals surface area contributed by atoms with Gasteiger partial charge in [-0.05, 0) is 29.8 Å². The normalized spacial score (nSPS) is 10.2. The van der Waals surface area contributed by atoms with Crippen LogP contribution < -0.4 is 10.6 Å². The van der Waals surface area contributed by atoms with Crippen LogP contribution in [0.2, 0.25) is 0 Å². The number of nitrogens with one attached hydrogen (secondary N) is 2. The second kappa shape index (κ2) is 8.88. The summed E-state index contributed by atoms with van der Waals surface area (Å²) in [4.78, 5) is 36.9. The Kier molecular flexibility index (Phi) is 6.59. The number of nitrogens with zero attached hydrogens (tertiary/aromatic N) is 1. The summed E-state index contributed by atoms with van der Waals surface area (Å²) in [7, 11) is 3.34. The summed E-state index contributed by atoms with van der Waals surface area (Å²) in [6.07, 6.45) is 0.251.